The topological polar surface area (TPSA) is 37.8 Å². The van der Waals surface area contributed by atoms with Crippen LogP contribution in [0.25, 0.3) is 5.57 Å². The van der Waals surface area contributed by atoms with E-state index < -0.39 is 0 Å². The fraction of sp³-hybridized carbons (Fsp3) is 0.400. The summed E-state index contributed by atoms with van der Waals surface area (Å²) in [4.78, 5) is 7.98. The van der Waals surface area contributed by atoms with Crippen LogP contribution in [0.5, 0.6) is 0 Å². The zero-order valence-electron chi connectivity index (χ0n) is 8.12. The van der Waals surface area contributed by atoms with E-state index in [0.717, 1.165) is 18.4 Å². The Bertz CT molecular complexity index is 267. The summed E-state index contributed by atoms with van der Waals surface area (Å²) in [6.45, 7) is 2.16. The molecule has 0 bridgehead atoms. The van der Waals surface area contributed by atoms with E-state index in [0.29, 0.717) is 0 Å². The summed E-state index contributed by atoms with van der Waals surface area (Å²) >= 11 is 0. The second-order valence-corrected chi connectivity index (χ2v) is 2.84. The van der Waals surface area contributed by atoms with E-state index in [1.807, 2.05) is 25.6 Å². The van der Waals surface area contributed by atoms with E-state index in [4.69, 9.17) is 0 Å². The van der Waals surface area contributed by atoms with Gasteiger partial charge in [0.15, 0.2) is 0 Å². The fourth-order valence-corrected chi connectivity index (χ4v) is 1.21. The molecule has 3 heteroatoms. The lowest BCUT2D eigenvalue weighted by molar-refractivity contribution is 0.955. The molecule has 0 aliphatic heterocycles. The first-order valence-corrected chi connectivity index (χ1v) is 4.50. The van der Waals surface area contributed by atoms with E-state index in [1.54, 1.807) is 6.33 Å². The molecule has 1 aromatic rings. The molecular formula is C10H15N3. The molecule has 1 N–H and O–H groups in total. The highest BCUT2D eigenvalue weighted by Gasteiger charge is 1.99. The second-order valence-electron chi connectivity index (χ2n) is 2.84. The number of aromatic nitrogens is 2. The minimum absolute atomic E-state index is 1.05. The van der Waals surface area contributed by atoms with Crippen molar-refractivity contribution in [2.24, 2.45) is 0 Å². The molecule has 1 heterocycles. The van der Waals surface area contributed by atoms with Crippen molar-refractivity contribution in [2.45, 2.75) is 19.8 Å². The third-order valence-corrected chi connectivity index (χ3v) is 1.77. The maximum Gasteiger partial charge on any atom is 0.115 e. The Balaban J connectivity index is 2.83. The molecule has 0 aromatic carbocycles. The normalized spacial score (nSPS) is 11.4. The lowest BCUT2D eigenvalue weighted by Crippen LogP contribution is -1.97. The van der Waals surface area contributed by atoms with Crippen molar-refractivity contribution in [2.75, 3.05) is 7.05 Å². The number of hydrogen-bond donors (Lipinski definition) is 1. The summed E-state index contributed by atoms with van der Waals surface area (Å²) in [5, 5.41) is 3.03. The number of hydrogen-bond acceptors (Lipinski definition) is 3. The minimum Gasteiger partial charge on any atom is -0.394 e. The van der Waals surface area contributed by atoms with Crippen molar-refractivity contribution < 1.29 is 0 Å². The fourth-order valence-electron chi connectivity index (χ4n) is 1.21. The third kappa shape index (κ3) is 2.86. The van der Waals surface area contributed by atoms with Gasteiger partial charge in [0.25, 0.3) is 0 Å². The Morgan fingerprint density at radius 1 is 1.46 bits per heavy atom. The zero-order chi connectivity index (χ0) is 9.52. The van der Waals surface area contributed by atoms with Crippen LogP contribution in [0.15, 0.2) is 24.9 Å². The van der Waals surface area contributed by atoms with Crippen molar-refractivity contribution in [1.29, 1.82) is 0 Å². The molecule has 0 saturated carbocycles. The van der Waals surface area contributed by atoms with Crippen molar-refractivity contribution in [3.8, 4) is 0 Å². The quantitative estimate of drug-likeness (QED) is 0.762. The van der Waals surface area contributed by atoms with Gasteiger partial charge >= 0.3 is 0 Å². The molecule has 0 amide bonds. The minimum atomic E-state index is 1.05. The molecule has 0 fully saturated rings. The van der Waals surface area contributed by atoms with Crippen LogP contribution in [0, 0.1) is 0 Å². The molecule has 0 radical (unpaired) electrons. The van der Waals surface area contributed by atoms with E-state index in [2.05, 4.69) is 22.2 Å². The van der Waals surface area contributed by atoms with Gasteiger partial charge < -0.3 is 5.32 Å². The highest BCUT2D eigenvalue weighted by atomic mass is 14.8. The lowest BCUT2D eigenvalue weighted by atomic mass is 10.1. The standard InChI is InChI=1S/C10H15N3/c1-3-4-9(5-11-2)10-6-12-8-13-7-10/h5-8,11H,3-4H2,1-2H3/b9-5-. The van der Waals surface area contributed by atoms with Crippen LogP contribution < -0.4 is 5.32 Å². The molecule has 0 unspecified atom stereocenters. The Labute approximate surface area is 78.9 Å². The molecule has 1 rings (SSSR count). The highest BCUT2D eigenvalue weighted by Crippen LogP contribution is 2.16. The van der Waals surface area contributed by atoms with Gasteiger partial charge in [-0.1, -0.05) is 13.3 Å². The van der Waals surface area contributed by atoms with E-state index >= 15 is 0 Å². The molecule has 3 nitrogen and oxygen atoms in total. The van der Waals surface area contributed by atoms with E-state index in [9.17, 15) is 0 Å². The van der Waals surface area contributed by atoms with Gasteiger partial charge in [0.1, 0.15) is 6.33 Å². The zero-order valence-corrected chi connectivity index (χ0v) is 8.12. The molecule has 13 heavy (non-hydrogen) atoms. The first-order valence-electron chi connectivity index (χ1n) is 4.50. The van der Waals surface area contributed by atoms with Crippen LogP contribution in [0.1, 0.15) is 25.3 Å². The number of nitrogens with zero attached hydrogens (tertiary/aromatic N) is 2. The van der Waals surface area contributed by atoms with Gasteiger partial charge in [0.2, 0.25) is 0 Å². The molecule has 0 saturated heterocycles. The van der Waals surface area contributed by atoms with E-state index in [-0.39, 0.29) is 0 Å². The van der Waals surface area contributed by atoms with Gasteiger partial charge in [-0.2, -0.15) is 0 Å². The van der Waals surface area contributed by atoms with Crippen molar-refractivity contribution >= 4 is 5.57 Å². The Kier molecular flexibility index (Phi) is 3.96. The lowest BCUT2D eigenvalue weighted by Gasteiger charge is -2.04. The van der Waals surface area contributed by atoms with Crippen LogP contribution in [0.2, 0.25) is 0 Å². The van der Waals surface area contributed by atoms with Gasteiger partial charge in [-0.15, -0.1) is 0 Å². The van der Waals surface area contributed by atoms with Crippen LogP contribution in [0.3, 0.4) is 0 Å². The average molecular weight is 177 g/mol. The summed E-state index contributed by atoms with van der Waals surface area (Å²) in [6.07, 6.45) is 9.41. The summed E-state index contributed by atoms with van der Waals surface area (Å²) in [5.74, 6) is 0. The maximum absolute atomic E-state index is 3.99. The largest absolute Gasteiger partial charge is 0.394 e. The number of rotatable bonds is 4. The first kappa shape index (κ1) is 9.71. The SMILES string of the molecule is CCC/C(=C/NC)c1cncnc1. The van der Waals surface area contributed by atoms with Crippen LogP contribution >= 0.6 is 0 Å². The van der Waals surface area contributed by atoms with Crippen LogP contribution in [-0.4, -0.2) is 17.0 Å². The molecule has 1 aromatic heterocycles. The van der Waals surface area contributed by atoms with Crippen molar-refractivity contribution in [3.63, 3.8) is 0 Å². The number of allylic oxidation sites excluding steroid dienone is 1. The van der Waals surface area contributed by atoms with Gasteiger partial charge in [-0.3, -0.25) is 0 Å². The number of nitrogens with one attached hydrogen (secondary N) is 1. The summed E-state index contributed by atoms with van der Waals surface area (Å²) in [7, 11) is 1.90. The molecule has 0 aliphatic carbocycles. The predicted octanol–water partition coefficient (Wildman–Crippen LogP) is 1.84. The highest BCUT2D eigenvalue weighted by molar-refractivity contribution is 5.63. The Morgan fingerprint density at radius 2 is 2.15 bits per heavy atom. The van der Waals surface area contributed by atoms with Crippen molar-refractivity contribution in [1.82, 2.24) is 15.3 Å². The average Bonchev–Trinajstić information content (AvgIpc) is 2.19. The van der Waals surface area contributed by atoms with Crippen molar-refractivity contribution in [3.05, 3.63) is 30.5 Å². The van der Waals surface area contributed by atoms with Gasteiger partial charge in [-0.05, 0) is 12.0 Å². The molecule has 0 spiro atoms. The van der Waals surface area contributed by atoms with Gasteiger partial charge in [0, 0.05) is 31.2 Å². The first-order chi connectivity index (χ1) is 6.38. The summed E-state index contributed by atoms with van der Waals surface area (Å²) in [6, 6.07) is 0. The van der Waals surface area contributed by atoms with Crippen LogP contribution in [-0.2, 0) is 0 Å². The smallest absolute Gasteiger partial charge is 0.115 e. The Hall–Kier alpha value is -1.38. The van der Waals surface area contributed by atoms with Crippen LogP contribution in [0.4, 0.5) is 0 Å². The molecule has 0 aliphatic rings. The third-order valence-electron chi connectivity index (χ3n) is 1.77. The molecular weight excluding hydrogens is 162 g/mol. The summed E-state index contributed by atoms with van der Waals surface area (Å²) < 4.78 is 0. The molecule has 0 atom stereocenters. The van der Waals surface area contributed by atoms with Gasteiger partial charge in [0.05, 0.1) is 0 Å². The maximum atomic E-state index is 3.99. The predicted molar refractivity (Wildman–Crippen MR) is 54.0 cm³/mol. The van der Waals surface area contributed by atoms with E-state index in [1.165, 1.54) is 5.57 Å². The monoisotopic (exact) mass is 177 g/mol. The summed E-state index contributed by atoms with van der Waals surface area (Å²) in [5.41, 5.74) is 2.35. The Morgan fingerprint density at radius 3 is 2.69 bits per heavy atom. The molecule has 70 valence electrons. The second kappa shape index (κ2) is 5.30. The van der Waals surface area contributed by atoms with Gasteiger partial charge in [-0.25, -0.2) is 9.97 Å².